The molecule has 3 rings (SSSR count). The zero-order valence-corrected chi connectivity index (χ0v) is 19.6. The number of anilines is 1. The Labute approximate surface area is 197 Å². The summed E-state index contributed by atoms with van der Waals surface area (Å²) in [5.41, 5.74) is 0.445. The van der Waals surface area contributed by atoms with Crippen molar-refractivity contribution in [3.63, 3.8) is 0 Å². The molecule has 10 heteroatoms. The molecule has 0 bridgehead atoms. The predicted octanol–water partition coefficient (Wildman–Crippen LogP) is 3.07. The quantitative estimate of drug-likeness (QED) is 0.457. The molecule has 1 atom stereocenters. The smallest absolute Gasteiger partial charge is 0.243 e. The average Bonchev–Trinajstić information content (AvgIpc) is 3.34. The Morgan fingerprint density at radius 2 is 1.68 bits per heavy atom. The molecular formula is C24H26FN3O5S. The Morgan fingerprint density at radius 3 is 2.26 bits per heavy atom. The Kier molecular flexibility index (Phi) is 8.19. The molecule has 1 heterocycles. The lowest BCUT2D eigenvalue weighted by Crippen LogP contribution is -2.54. The number of hydrogen-bond acceptors (Lipinski definition) is 5. The number of benzene rings is 2. The van der Waals surface area contributed by atoms with E-state index in [2.05, 4.69) is 10.0 Å². The van der Waals surface area contributed by atoms with Crippen LogP contribution in [0.15, 0.2) is 82.3 Å². The fourth-order valence-corrected chi connectivity index (χ4v) is 4.37. The van der Waals surface area contributed by atoms with E-state index in [0.29, 0.717) is 11.4 Å². The minimum atomic E-state index is -4.07. The first kappa shape index (κ1) is 25.1. The summed E-state index contributed by atoms with van der Waals surface area (Å²) in [5.74, 6) is -1.35. The number of carbonyl (C=O) groups excluding carboxylic acids is 2. The van der Waals surface area contributed by atoms with Crippen molar-refractivity contribution >= 4 is 27.5 Å². The van der Waals surface area contributed by atoms with Crippen LogP contribution in [0.4, 0.5) is 10.1 Å². The first-order valence-electron chi connectivity index (χ1n) is 10.6. The van der Waals surface area contributed by atoms with Crippen LogP contribution in [-0.2, 0) is 26.2 Å². The SMILES string of the molecule is CC(C)[C@@H](C(=O)NCc1ccco1)N(C(=O)CNS(=O)(=O)c1ccc(F)cc1)c1ccccc1. The summed E-state index contributed by atoms with van der Waals surface area (Å²) in [4.78, 5) is 27.5. The summed E-state index contributed by atoms with van der Waals surface area (Å²) in [6, 6.07) is 15.3. The number of furan rings is 1. The van der Waals surface area contributed by atoms with Crippen molar-refractivity contribution in [3.05, 3.63) is 84.6 Å². The third kappa shape index (κ3) is 6.30. The van der Waals surface area contributed by atoms with Gasteiger partial charge in [0.25, 0.3) is 0 Å². The number of amides is 2. The second kappa shape index (κ2) is 11.1. The standard InChI is InChI=1S/C24H26FN3O5S/c1-17(2)23(24(30)26-15-20-9-6-14-33-20)28(19-7-4-3-5-8-19)22(29)16-27-34(31,32)21-12-10-18(25)11-13-21/h3-14,17,23,27H,15-16H2,1-2H3,(H,26,30)/t23-/m0/s1. The number of carbonyl (C=O) groups is 2. The second-order valence-corrected chi connectivity index (χ2v) is 9.63. The van der Waals surface area contributed by atoms with Crippen LogP contribution in [0.2, 0.25) is 0 Å². The monoisotopic (exact) mass is 487 g/mol. The Balaban J connectivity index is 1.83. The van der Waals surface area contributed by atoms with Gasteiger partial charge in [0.2, 0.25) is 21.8 Å². The largest absolute Gasteiger partial charge is 0.467 e. The lowest BCUT2D eigenvalue weighted by Gasteiger charge is -2.33. The summed E-state index contributed by atoms with van der Waals surface area (Å²) in [6.45, 7) is 3.14. The minimum Gasteiger partial charge on any atom is -0.467 e. The Hall–Kier alpha value is -3.50. The molecule has 0 saturated heterocycles. The fourth-order valence-electron chi connectivity index (χ4n) is 3.40. The number of hydrogen-bond donors (Lipinski definition) is 2. The summed E-state index contributed by atoms with van der Waals surface area (Å²) in [7, 11) is -4.07. The molecule has 0 spiro atoms. The summed E-state index contributed by atoms with van der Waals surface area (Å²) in [6.07, 6.45) is 1.49. The van der Waals surface area contributed by atoms with Crippen LogP contribution in [0.25, 0.3) is 0 Å². The number of sulfonamides is 1. The third-order valence-electron chi connectivity index (χ3n) is 5.04. The normalized spacial score (nSPS) is 12.4. The lowest BCUT2D eigenvalue weighted by atomic mass is 10.00. The van der Waals surface area contributed by atoms with E-state index in [9.17, 15) is 22.4 Å². The molecule has 2 amide bonds. The molecule has 0 fully saturated rings. The highest BCUT2D eigenvalue weighted by Crippen LogP contribution is 2.22. The summed E-state index contributed by atoms with van der Waals surface area (Å²) >= 11 is 0. The van der Waals surface area contributed by atoms with Gasteiger partial charge in [0.1, 0.15) is 17.6 Å². The molecule has 0 saturated carbocycles. The first-order valence-corrected chi connectivity index (χ1v) is 12.1. The molecule has 2 N–H and O–H groups in total. The van der Waals surface area contributed by atoms with Gasteiger partial charge in [-0.05, 0) is 54.4 Å². The highest BCUT2D eigenvalue weighted by Gasteiger charge is 2.34. The van der Waals surface area contributed by atoms with Gasteiger partial charge < -0.3 is 9.73 Å². The van der Waals surface area contributed by atoms with E-state index in [1.807, 2.05) is 0 Å². The van der Waals surface area contributed by atoms with E-state index >= 15 is 0 Å². The van der Waals surface area contributed by atoms with Crippen molar-refractivity contribution < 1.29 is 26.8 Å². The topological polar surface area (TPSA) is 109 Å². The van der Waals surface area contributed by atoms with Crippen LogP contribution in [0.5, 0.6) is 0 Å². The van der Waals surface area contributed by atoms with Gasteiger partial charge in [-0.3, -0.25) is 14.5 Å². The lowest BCUT2D eigenvalue weighted by molar-refractivity contribution is -0.127. The van der Waals surface area contributed by atoms with Crippen LogP contribution in [0.3, 0.4) is 0 Å². The molecule has 1 aromatic heterocycles. The van der Waals surface area contributed by atoms with Crippen molar-refractivity contribution in [2.24, 2.45) is 5.92 Å². The maximum absolute atomic E-state index is 13.3. The first-order chi connectivity index (χ1) is 16.2. The van der Waals surface area contributed by atoms with Crippen LogP contribution in [0.1, 0.15) is 19.6 Å². The molecule has 0 aliphatic heterocycles. The van der Waals surface area contributed by atoms with Gasteiger partial charge in [-0.15, -0.1) is 0 Å². The number of para-hydroxylation sites is 1. The molecule has 0 aliphatic rings. The maximum Gasteiger partial charge on any atom is 0.243 e. The van der Waals surface area contributed by atoms with Crippen LogP contribution >= 0.6 is 0 Å². The Bertz CT molecular complexity index is 1200. The van der Waals surface area contributed by atoms with Crippen LogP contribution in [-0.4, -0.2) is 32.8 Å². The van der Waals surface area contributed by atoms with Gasteiger partial charge in [-0.25, -0.2) is 17.5 Å². The molecule has 180 valence electrons. The zero-order chi connectivity index (χ0) is 24.7. The average molecular weight is 488 g/mol. The molecule has 34 heavy (non-hydrogen) atoms. The highest BCUT2D eigenvalue weighted by atomic mass is 32.2. The molecule has 0 unspecified atom stereocenters. The second-order valence-electron chi connectivity index (χ2n) is 7.86. The fraction of sp³-hybridized carbons (Fsp3) is 0.250. The van der Waals surface area contributed by atoms with Crippen molar-refractivity contribution in [1.82, 2.24) is 10.0 Å². The van der Waals surface area contributed by atoms with Gasteiger partial charge in [0, 0.05) is 5.69 Å². The van der Waals surface area contributed by atoms with E-state index in [-0.39, 0.29) is 17.4 Å². The van der Waals surface area contributed by atoms with Crippen molar-refractivity contribution in [2.75, 3.05) is 11.4 Å². The zero-order valence-electron chi connectivity index (χ0n) is 18.8. The number of halogens is 1. The van der Waals surface area contributed by atoms with Crippen molar-refractivity contribution in [1.29, 1.82) is 0 Å². The number of nitrogens with zero attached hydrogens (tertiary/aromatic N) is 1. The number of nitrogens with one attached hydrogen (secondary N) is 2. The van der Waals surface area contributed by atoms with Gasteiger partial charge in [0.05, 0.1) is 24.2 Å². The minimum absolute atomic E-state index is 0.142. The molecular weight excluding hydrogens is 461 g/mol. The van der Waals surface area contributed by atoms with Crippen molar-refractivity contribution in [3.8, 4) is 0 Å². The maximum atomic E-state index is 13.3. The van der Waals surface area contributed by atoms with E-state index in [0.717, 1.165) is 24.3 Å². The van der Waals surface area contributed by atoms with Gasteiger partial charge in [0.15, 0.2) is 0 Å². The molecule has 8 nitrogen and oxygen atoms in total. The molecule has 2 aromatic carbocycles. The van der Waals surface area contributed by atoms with E-state index < -0.39 is 40.2 Å². The van der Waals surface area contributed by atoms with Crippen molar-refractivity contribution in [2.45, 2.75) is 31.3 Å². The molecule has 3 aromatic rings. The van der Waals surface area contributed by atoms with Gasteiger partial charge in [-0.2, -0.15) is 0 Å². The van der Waals surface area contributed by atoms with Crippen LogP contribution in [0, 0.1) is 11.7 Å². The van der Waals surface area contributed by atoms with Crippen LogP contribution < -0.4 is 14.9 Å². The van der Waals surface area contributed by atoms with E-state index in [4.69, 9.17) is 4.42 Å². The predicted molar refractivity (Wildman–Crippen MR) is 125 cm³/mol. The molecule has 0 aliphatic carbocycles. The van der Waals surface area contributed by atoms with Gasteiger partial charge in [-0.1, -0.05) is 32.0 Å². The Morgan fingerprint density at radius 1 is 1.00 bits per heavy atom. The van der Waals surface area contributed by atoms with E-state index in [1.54, 1.807) is 56.3 Å². The third-order valence-corrected chi connectivity index (χ3v) is 6.45. The molecule has 0 radical (unpaired) electrons. The van der Waals surface area contributed by atoms with E-state index in [1.165, 1.54) is 11.2 Å². The highest BCUT2D eigenvalue weighted by molar-refractivity contribution is 7.89. The number of rotatable bonds is 10. The van der Waals surface area contributed by atoms with Gasteiger partial charge >= 0.3 is 0 Å². The summed E-state index contributed by atoms with van der Waals surface area (Å²) < 4.78 is 45.8. The summed E-state index contributed by atoms with van der Waals surface area (Å²) in [5, 5.41) is 2.77.